The van der Waals surface area contributed by atoms with Crippen LogP contribution in [0, 0.1) is 0 Å². The van der Waals surface area contributed by atoms with Crippen LogP contribution in [0.15, 0.2) is 30.3 Å². The summed E-state index contributed by atoms with van der Waals surface area (Å²) in [5, 5.41) is 15.4. The minimum Gasteiger partial charge on any atom is -0.392 e. The second kappa shape index (κ2) is 8.00. The summed E-state index contributed by atoms with van der Waals surface area (Å²) < 4.78 is 0. The van der Waals surface area contributed by atoms with E-state index in [1.54, 1.807) is 0 Å². The number of hydrogen-bond acceptors (Lipinski definition) is 4. The molecule has 1 saturated heterocycles. The summed E-state index contributed by atoms with van der Waals surface area (Å²) in [5.74, 6) is -0.00527. The molecule has 0 spiro atoms. The summed E-state index contributed by atoms with van der Waals surface area (Å²) >= 11 is 0. The van der Waals surface area contributed by atoms with Crippen molar-refractivity contribution in [3.05, 3.63) is 30.3 Å². The van der Waals surface area contributed by atoms with Gasteiger partial charge in [-0.3, -0.25) is 4.79 Å². The Bertz CT molecular complexity index is 438. The first kappa shape index (κ1) is 15.8. The van der Waals surface area contributed by atoms with E-state index in [-0.39, 0.29) is 11.9 Å². The smallest absolute Gasteiger partial charge is 0.237 e. The van der Waals surface area contributed by atoms with Gasteiger partial charge in [0.05, 0.1) is 12.1 Å². The number of aliphatic hydroxyl groups excluding tert-OH is 1. The summed E-state index contributed by atoms with van der Waals surface area (Å²) in [5.41, 5.74) is 1.21. The lowest BCUT2D eigenvalue weighted by molar-refractivity contribution is -0.122. The van der Waals surface area contributed by atoms with Crippen LogP contribution in [0.5, 0.6) is 0 Å². The van der Waals surface area contributed by atoms with Crippen LogP contribution in [0.3, 0.4) is 0 Å². The minimum atomic E-state index is -0.394. The number of para-hydroxylation sites is 1. The Kier molecular flexibility index (Phi) is 6.02. The largest absolute Gasteiger partial charge is 0.392 e. The number of β-amino-alcohol motifs (C(OH)–C–C–N with tert-alkyl or cyclic N) is 1. The molecule has 1 aromatic carbocycles. The van der Waals surface area contributed by atoms with Gasteiger partial charge in [-0.1, -0.05) is 18.2 Å². The summed E-state index contributed by atoms with van der Waals surface area (Å²) in [7, 11) is 0. The molecule has 0 aliphatic carbocycles. The predicted molar refractivity (Wildman–Crippen MR) is 84.4 cm³/mol. The predicted octanol–water partition coefficient (Wildman–Crippen LogP) is 0.742. The molecule has 1 amide bonds. The average molecular weight is 291 g/mol. The first-order chi connectivity index (χ1) is 10.2. The fourth-order valence-corrected chi connectivity index (χ4v) is 2.63. The molecule has 2 unspecified atom stereocenters. The number of anilines is 1. The number of aliphatic hydroxyl groups is 1. The van der Waals surface area contributed by atoms with Gasteiger partial charge < -0.3 is 20.6 Å². The summed E-state index contributed by atoms with van der Waals surface area (Å²) in [6.07, 6.45) is 1.02. The zero-order valence-electron chi connectivity index (χ0n) is 12.6. The van der Waals surface area contributed by atoms with Crippen molar-refractivity contribution in [2.45, 2.75) is 31.9 Å². The quantitative estimate of drug-likeness (QED) is 0.649. The van der Waals surface area contributed by atoms with Crippen LogP contribution in [0.2, 0.25) is 0 Å². The molecule has 0 radical (unpaired) electrons. The van der Waals surface area contributed by atoms with Crippen LogP contribution >= 0.6 is 0 Å². The number of rotatable bonds is 7. The summed E-state index contributed by atoms with van der Waals surface area (Å²) in [4.78, 5) is 14.2. The third-order valence-corrected chi connectivity index (χ3v) is 3.83. The normalized spacial score (nSPS) is 21.2. The van der Waals surface area contributed by atoms with Gasteiger partial charge in [0, 0.05) is 31.9 Å². The molecule has 5 nitrogen and oxygen atoms in total. The molecule has 1 aromatic rings. The van der Waals surface area contributed by atoms with E-state index in [0.29, 0.717) is 19.5 Å². The van der Waals surface area contributed by atoms with Crippen LogP contribution < -0.4 is 15.5 Å². The van der Waals surface area contributed by atoms with E-state index in [4.69, 9.17) is 0 Å². The van der Waals surface area contributed by atoms with Crippen LogP contribution in [-0.2, 0) is 4.79 Å². The highest BCUT2D eigenvalue weighted by Gasteiger charge is 2.27. The van der Waals surface area contributed by atoms with Crippen LogP contribution in [0.1, 0.15) is 19.8 Å². The minimum absolute atomic E-state index is 0.00527. The van der Waals surface area contributed by atoms with E-state index in [0.717, 1.165) is 19.5 Å². The number of nitrogens with zero attached hydrogens (tertiary/aromatic N) is 1. The highest BCUT2D eigenvalue weighted by atomic mass is 16.3. The first-order valence-corrected chi connectivity index (χ1v) is 7.70. The zero-order valence-corrected chi connectivity index (χ0v) is 12.6. The van der Waals surface area contributed by atoms with Crippen molar-refractivity contribution >= 4 is 11.6 Å². The van der Waals surface area contributed by atoms with E-state index in [1.165, 1.54) is 5.69 Å². The Labute approximate surface area is 126 Å². The molecule has 116 valence electrons. The van der Waals surface area contributed by atoms with Crippen molar-refractivity contribution in [1.82, 2.24) is 10.6 Å². The van der Waals surface area contributed by atoms with Gasteiger partial charge in [-0.25, -0.2) is 0 Å². The fraction of sp³-hybridized carbons (Fsp3) is 0.562. The maximum absolute atomic E-state index is 11.9. The Morgan fingerprint density at radius 1 is 1.43 bits per heavy atom. The van der Waals surface area contributed by atoms with Gasteiger partial charge in [-0.15, -0.1) is 0 Å². The zero-order chi connectivity index (χ0) is 15.1. The van der Waals surface area contributed by atoms with Crippen LogP contribution in [-0.4, -0.2) is 49.3 Å². The van der Waals surface area contributed by atoms with Gasteiger partial charge in [-0.2, -0.15) is 0 Å². The fourth-order valence-electron chi connectivity index (χ4n) is 2.63. The van der Waals surface area contributed by atoms with Crippen LogP contribution in [0.4, 0.5) is 5.69 Å². The molecular formula is C16H25N3O2. The topological polar surface area (TPSA) is 64.6 Å². The van der Waals surface area contributed by atoms with E-state index in [1.807, 2.05) is 18.2 Å². The lowest BCUT2D eigenvalue weighted by Gasteiger charge is -2.23. The van der Waals surface area contributed by atoms with Crippen molar-refractivity contribution < 1.29 is 9.90 Å². The van der Waals surface area contributed by atoms with E-state index in [2.05, 4.69) is 34.6 Å². The van der Waals surface area contributed by atoms with Gasteiger partial charge >= 0.3 is 0 Å². The number of carbonyl (C=O) groups excluding carboxylic acids is 1. The first-order valence-electron chi connectivity index (χ1n) is 7.70. The molecule has 1 aliphatic heterocycles. The number of hydrogen-bond donors (Lipinski definition) is 3. The molecule has 0 saturated carbocycles. The number of carbonyl (C=O) groups is 1. The van der Waals surface area contributed by atoms with Crippen molar-refractivity contribution in [2.24, 2.45) is 0 Å². The van der Waals surface area contributed by atoms with Crippen molar-refractivity contribution in [2.75, 3.05) is 31.1 Å². The monoisotopic (exact) mass is 291 g/mol. The maximum Gasteiger partial charge on any atom is 0.237 e. The molecule has 0 bridgehead atoms. The molecule has 2 rings (SSSR count). The summed E-state index contributed by atoms with van der Waals surface area (Å²) in [6, 6.07) is 10.1. The molecule has 0 aromatic heterocycles. The van der Waals surface area contributed by atoms with E-state index < -0.39 is 6.10 Å². The van der Waals surface area contributed by atoms with Gasteiger partial charge in [0.25, 0.3) is 0 Å². The lowest BCUT2D eigenvalue weighted by Crippen LogP contribution is -2.41. The molecule has 2 atom stereocenters. The van der Waals surface area contributed by atoms with Crippen molar-refractivity contribution in [3.63, 3.8) is 0 Å². The van der Waals surface area contributed by atoms with Gasteiger partial charge in [0.1, 0.15) is 0 Å². The highest BCUT2D eigenvalue weighted by molar-refractivity contribution is 5.82. The van der Waals surface area contributed by atoms with Gasteiger partial charge in [0.15, 0.2) is 0 Å². The van der Waals surface area contributed by atoms with Gasteiger partial charge in [-0.05, 0) is 31.9 Å². The molecule has 21 heavy (non-hydrogen) atoms. The van der Waals surface area contributed by atoms with Crippen LogP contribution in [0.25, 0.3) is 0 Å². The number of nitrogens with one attached hydrogen (secondary N) is 2. The number of benzene rings is 1. The van der Waals surface area contributed by atoms with Gasteiger partial charge in [0.2, 0.25) is 5.91 Å². The molecule has 1 aliphatic rings. The Balaban J connectivity index is 1.68. The molecular weight excluding hydrogens is 266 g/mol. The Morgan fingerprint density at radius 2 is 2.19 bits per heavy atom. The molecule has 3 N–H and O–H groups in total. The van der Waals surface area contributed by atoms with E-state index in [9.17, 15) is 9.90 Å². The molecule has 1 heterocycles. The van der Waals surface area contributed by atoms with E-state index >= 15 is 0 Å². The SMILES string of the molecule is CCN(CCCNC(=O)C1CC(O)CN1)c1ccccc1. The average Bonchev–Trinajstić information content (AvgIpc) is 2.95. The van der Waals surface area contributed by atoms with Crippen molar-refractivity contribution in [1.29, 1.82) is 0 Å². The second-order valence-electron chi connectivity index (χ2n) is 5.41. The number of amides is 1. The third-order valence-electron chi connectivity index (χ3n) is 3.83. The molecule has 5 heteroatoms. The summed E-state index contributed by atoms with van der Waals surface area (Å²) in [6.45, 7) is 5.18. The van der Waals surface area contributed by atoms with Crippen molar-refractivity contribution in [3.8, 4) is 0 Å². The standard InChI is InChI=1S/C16H25N3O2/c1-2-19(13-7-4-3-5-8-13)10-6-9-17-16(21)15-11-14(20)12-18-15/h3-5,7-8,14-15,18,20H,2,6,9-12H2,1H3,(H,17,21). The second-order valence-corrected chi connectivity index (χ2v) is 5.41. The lowest BCUT2D eigenvalue weighted by atomic mass is 10.2. The molecule has 1 fully saturated rings. The third kappa shape index (κ3) is 4.72. The Hall–Kier alpha value is -1.59. The Morgan fingerprint density at radius 3 is 2.81 bits per heavy atom. The highest BCUT2D eigenvalue weighted by Crippen LogP contribution is 2.12. The maximum atomic E-state index is 11.9.